The number of aryl methyl sites for hydroxylation is 2. The van der Waals surface area contributed by atoms with Crippen molar-refractivity contribution in [3.05, 3.63) is 29.3 Å². The molecule has 1 aromatic rings. The molecule has 0 saturated heterocycles. The number of benzene rings is 1. The summed E-state index contributed by atoms with van der Waals surface area (Å²) >= 11 is 0. The Kier molecular flexibility index (Phi) is 3.82. The number of amides is 1. The highest BCUT2D eigenvalue weighted by Crippen LogP contribution is 2.26. The van der Waals surface area contributed by atoms with Gasteiger partial charge in [0.05, 0.1) is 0 Å². The molecule has 0 bridgehead atoms. The molecule has 0 spiro atoms. The third kappa shape index (κ3) is 2.87. The fraction of sp³-hybridized carbons (Fsp3) is 0.533. The monoisotopic (exact) mass is 231 g/mol. The van der Waals surface area contributed by atoms with Gasteiger partial charge in [0.2, 0.25) is 5.91 Å². The van der Waals surface area contributed by atoms with Crippen molar-refractivity contribution < 1.29 is 4.79 Å². The summed E-state index contributed by atoms with van der Waals surface area (Å²) in [5.41, 5.74) is 3.30. The lowest BCUT2D eigenvalue weighted by molar-refractivity contribution is -0.120. The van der Waals surface area contributed by atoms with E-state index in [1.807, 2.05) is 32.0 Å². The van der Waals surface area contributed by atoms with E-state index in [1.54, 1.807) is 0 Å². The normalized spacial score (nSPS) is 16.8. The number of carbonyl (C=O) groups is 1. The molecule has 2 heteroatoms. The Bertz CT molecular complexity index is 385. The maximum absolute atomic E-state index is 12.2. The molecule has 1 aromatic carbocycles. The summed E-state index contributed by atoms with van der Waals surface area (Å²) in [4.78, 5) is 12.2. The van der Waals surface area contributed by atoms with E-state index in [4.69, 9.17) is 0 Å². The Morgan fingerprint density at radius 1 is 1.12 bits per heavy atom. The number of hydrogen-bond donors (Lipinski definition) is 1. The van der Waals surface area contributed by atoms with E-state index in [0.29, 0.717) is 0 Å². The van der Waals surface area contributed by atoms with Crippen LogP contribution in [-0.4, -0.2) is 5.91 Å². The van der Waals surface area contributed by atoms with Crippen LogP contribution in [0, 0.1) is 19.8 Å². The van der Waals surface area contributed by atoms with Gasteiger partial charge in [-0.05, 0) is 37.8 Å². The van der Waals surface area contributed by atoms with Gasteiger partial charge in [0, 0.05) is 11.6 Å². The SMILES string of the molecule is Cc1cccc(C)c1NC(=O)C1CCCCC1. The lowest BCUT2D eigenvalue weighted by Gasteiger charge is -2.22. The van der Waals surface area contributed by atoms with Crippen molar-refractivity contribution >= 4 is 11.6 Å². The summed E-state index contributed by atoms with van der Waals surface area (Å²) in [5.74, 6) is 0.435. The summed E-state index contributed by atoms with van der Waals surface area (Å²) < 4.78 is 0. The number of nitrogens with one attached hydrogen (secondary N) is 1. The maximum Gasteiger partial charge on any atom is 0.227 e. The molecule has 0 unspecified atom stereocenters. The van der Waals surface area contributed by atoms with E-state index in [0.717, 1.165) is 29.7 Å². The van der Waals surface area contributed by atoms with Crippen LogP contribution in [-0.2, 0) is 4.79 Å². The standard InChI is InChI=1S/C15H21NO/c1-11-7-6-8-12(2)14(11)16-15(17)13-9-4-3-5-10-13/h6-8,13H,3-5,9-10H2,1-2H3,(H,16,17). The molecular formula is C15H21NO. The van der Waals surface area contributed by atoms with Crippen LogP contribution in [0.25, 0.3) is 0 Å². The van der Waals surface area contributed by atoms with Crippen LogP contribution in [0.4, 0.5) is 5.69 Å². The number of anilines is 1. The van der Waals surface area contributed by atoms with Gasteiger partial charge in [0.15, 0.2) is 0 Å². The van der Waals surface area contributed by atoms with E-state index in [-0.39, 0.29) is 11.8 Å². The van der Waals surface area contributed by atoms with Gasteiger partial charge in [-0.2, -0.15) is 0 Å². The van der Waals surface area contributed by atoms with Gasteiger partial charge in [-0.15, -0.1) is 0 Å². The van der Waals surface area contributed by atoms with Crippen LogP contribution in [0.3, 0.4) is 0 Å². The summed E-state index contributed by atoms with van der Waals surface area (Å²) in [6.45, 7) is 4.09. The van der Waals surface area contributed by atoms with E-state index in [1.165, 1.54) is 19.3 Å². The summed E-state index contributed by atoms with van der Waals surface area (Å²) in [6.07, 6.45) is 5.79. The van der Waals surface area contributed by atoms with Gasteiger partial charge < -0.3 is 5.32 Å². The second-order valence-electron chi connectivity index (χ2n) is 5.09. The Morgan fingerprint density at radius 2 is 1.71 bits per heavy atom. The summed E-state index contributed by atoms with van der Waals surface area (Å²) in [5, 5.41) is 3.11. The predicted octanol–water partition coefficient (Wildman–Crippen LogP) is 3.82. The average molecular weight is 231 g/mol. The zero-order valence-corrected chi connectivity index (χ0v) is 10.8. The Labute approximate surface area is 103 Å². The molecular weight excluding hydrogens is 210 g/mol. The van der Waals surface area contributed by atoms with Gasteiger partial charge in [-0.3, -0.25) is 4.79 Å². The van der Waals surface area contributed by atoms with Crippen LogP contribution >= 0.6 is 0 Å². The molecule has 0 radical (unpaired) electrons. The first-order valence-corrected chi connectivity index (χ1v) is 6.55. The predicted molar refractivity (Wildman–Crippen MR) is 71.1 cm³/mol. The minimum absolute atomic E-state index is 0.210. The average Bonchev–Trinajstić information content (AvgIpc) is 2.35. The van der Waals surface area contributed by atoms with Gasteiger partial charge in [-0.1, -0.05) is 37.5 Å². The molecule has 1 fully saturated rings. The highest BCUT2D eigenvalue weighted by atomic mass is 16.1. The second-order valence-corrected chi connectivity index (χ2v) is 5.09. The number of para-hydroxylation sites is 1. The fourth-order valence-corrected chi connectivity index (χ4v) is 2.60. The topological polar surface area (TPSA) is 29.1 Å². The molecule has 0 aromatic heterocycles. The molecule has 0 atom stereocenters. The largest absolute Gasteiger partial charge is 0.325 e. The van der Waals surface area contributed by atoms with Crippen molar-refractivity contribution in [3.8, 4) is 0 Å². The molecule has 0 heterocycles. The maximum atomic E-state index is 12.2. The van der Waals surface area contributed by atoms with Gasteiger partial charge in [0.1, 0.15) is 0 Å². The van der Waals surface area contributed by atoms with E-state index in [2.05, 4.69) is 5.32 Å². The molecule has 1 aliphatic carbocycles. The Balaban J connectivity index is 2.07. The fourth-order valence-electron chi connectivity index (χ4n) is 2.60. The summed E-state index contributed by atoms with van der Waals surface area (Å²) in [6, 6.07) is 6.12. The van der Waals surface area contributed by atoms with Crippen LogP contribution in [0.5, 0.6) is 0 Å². The smallest absolute Gasteiger partial charge is 0.227 e. The first-order valence-electron chi connectivity index (χ1n) is 6.55. The number of hydrogen-bond acceptors (Lipinski definition) is 1. The molecule has 1 N–H and O–H groups in total. The molecule has 1 amide bonds. The molecule has 2 rings (SSSR count). The van der Waals surface area contributed by atoms with E-state index in [9.17, 15) is 4.79 Å². The van der Waals surface area contributed by atoms with Crippen molar-refractivity contribution in [2.24, 2.45) is 5.92 Å². The van der Waals surface area contributed by atoms with E-state index < -0.39 is 0 Å². The van der Waals surface area contributed by atoms with Crippen LogP contribution in [0.1, 0.15) is 43.2 Å². The van der Waals surface area contributed by atoms with Crippen molar-refractivity contribution in [1.82, 2.24) is 0 Å². The highest BCUT2D eigenvalue weighted by Gasteiger charge is 2.21. The molecule has 2 nitrogen and oxygen atoms in total. The van der Waals surface area contributed by atoms with Crippen molar-refractivity contribution in [2.75, 3.05) is 5.32 Å². The van der Waals surface area contributed by atoms with Crippen molar-refractivity contribution in [1.29, 1.82) is 0 Å². The van der Waals surface area contributed by atoms with Gasteiger partial charge in [0.25, 0.3) is 0 Å². The molecule has 1 aliphatic rings. The van der Waals surface area contributed by atoms with Gasteiger partial charge in [-0.25, -0.2) is 0 Å². The first kappa shape index (κ1) is 12.2. The van der Waals surface area contributed by atoms with Crippen LogP contribution < -0.4 is 5.32 Å². The number of rotatable bonds is 2. The van der Waals surface area contributed by atoms with Crippen molar-refractivity contribution in [2.45, 2.75) is 46.0 Å². The zero-order chi connectivity index (χ0) is 12.3. The Morgan fingerprint density at radius 3 is 2.29 bits per heavy atom. The lowest BCUT2D eigenvalue weighted by Crippen LogP contribution is -2.25. The third-order valence-electron chi connectivity index (χ3n) is 3.71. The van der Waals surface area contributed by atoms with Crippen LogP contribution in [0.15, 0.2) is 18.2 Å². The quantitative estimate of drug-likeness (QED) is 0.823. The molecule has 92 valence electrons. The minimum atomic E-state index is 0.210. The van der Waals surface area contributed by atoms with Crippen LogP contribution in [0.2, 0.25) is 0 Å². The third-order valence-corrected chi connectivity index (χ3v) is 3.71. The zero-order valence-electron chi connectivity index (χ0n) is 10.8. The minimum Gasteiger partial charge on any atom is -0.325 e. The molecule has 17 heavy (non-hydrogen) atoms. The van der Waals surface area contributed by atoms with Crippen molar-refractivity contribution in [3.63, 3.8) is 0 Å². The Hall–Kier alpha value is -1.31. The van der Waals surface area contributed by atoms with Gasteiger partial charge >= 0.3 is 0 Å². The second kappa shape index (κ2) is 5.35. The van der Waals surface area contributed by atoms with E-state index >= 15 is 0 Å². The number of carbonyl (C=O) groups excluding carboxylic acids is 1. The first-order chi connectivity index (χ1) is 8.18. The highest BCUT2D eigenvalue weighted by molar-refractivity contribution is 5.94. The summed E-state index contributed by atoms with van der Waals surface area (Å²) in [7, 11) is 0. The molecule has 1 saturated carbocycles. The molecule has 0 aliphatic heterocycles. The lowest BCUT2D eigenvalue weighted by atomic mass is 9.88.